The molecule has 0 radical (unpaired) electrons. The van der Waals surface area contributed by atoms with Gasteiger partial charge < -0.3 is 15.3 Å². The molecule has 1 unspecified atom stereocenters. The monoisotopic (exact) mass is 302 g/mol. The predicted molar refractivity (Wildman–Crippen MR) is 79.9 cm³/mol. The number of aliphatic hydroxyl groups excluding tert-OH is 1. The predicted octanol–water partition coefficient (Wildman–Crippen LogP) is 2.71. The number of likely N-dealkylation sites (tertiary alicyclic amines) is 1. The average Bonchev–Trinajstić information content (AvgIpc) is 2.38. The summed E-state index contributed by atoms with van der Waals surface area (Å²) >= 11 is 12.2. The molecule has 1 atom stereocenters. The average molecular weight is 303 g/mol. The molecule has 106 valence electrons. The van der Waals surface area contributed by atoms with E-state index in [2.05, 4.69) is 17.3 Å². The Labute approximate surface area is 124 Å². The van der Waals surface area contributed by atoms with Crippen molar-refractivity contribution in [1.29, 1.82) is 0 Å². The first-order chi connectivity index (χ1) is 9.08. The zero-order valence-electron chi connectivity index (χ0n) is 11.1. The highest BCUT2D eigenvalue weighted by atomic mass is 35.5. The molecule has 19 heavy (non-hydrogen) atoms. The molecule has 5 heteroatoms. The molecule has 2 rings (SSSR count). The second-order valence-corrected chi connectivity index (χ2v) is 5.95. The minimum Gasteiger partial charge on any atom is -0.387 e. The minimum atomic E-state index is -0.666. The van der Waals surface area contributed by atoms with Gasteiger partial charge in [0, 0.05) is 28.2 Å². The van der Waals surface area contributed by atoms with Crippen LogP contribution in [0.4, 0.5) is 0 Å². The van der Waals surface area contributed by atoms with E-state index in [4.69, 9.17) is 23.2 Å². The molecule has 1 aliphatic heterocycles. The Hall–Kier alpha value is -0.320. The Morgan fingerprint density at radius 3 is 2.47 bits per heavy atom. The minimum absolute atomic E-state index is 0.465. The van der Waals surface area contributed by atoms with Gasteiger partial charge in [0.25, 0.3) is 0 Å². The summed E-state index contributed by atoms with van der Waals surface area (Å²) in [5.74, 6) is 0. The molecular weight excluding hydrogens is 283 g/mol. The molecule has 1 saturated heterocycles. The van der Waals surface area contributed by atoms with Crippen molar-refractivity contribution in [2.75, 3.05) is 26.7 Å². The summed E-state index contributed by atoms with van der Waals surface area (Å²) in [6.45, 7) is 2.68. The number of aliphatic hydroxyl groups is 1. The molecule has 2 N–H and O–H groups in total. The van der Waals surface area contributed by atoms with Crippen LogP contribution in [0.15, 0.2) is 18.2 Å². The molecule has 0 amide bonds. The van der Waals surface area contributed by atoms with Gasteiger partial charge in [-0.25, -0.2) is 0 Å². The fourth-order valence-corrected chi connectivity index (χ4v) is 3.07. The fraction of sp³-hybridized carbons (Fsp3) is 0.571. The van der Waals surface area contributed by atoms with E-state index in [1.807, 2.05) is 0 Å². The maximum absolute atomic E-state index is 10.2. The van der Waals surface area contributed by atoms with Crippen LogP contribution in [-0.4, -0.2) is 42.7 Å². The summed E-state index contributed by atoms with van der Waals surface area (Å²) in [5, 5.41) is 14.7. The van der Waals surface area contributed by atoms with Gasteiger partial charge in [-0.05, 0) is 45.1 Å². The Morgan fingerprint density at radius 2 is 1.89 bits per heavy atom. The van der Waals surface area contributed by atoms with Gasteiger partial charge in [-0.2, -0.15) is 0 Å². The van der Waals surface area contributed by atoms with Crippen LogP contribution in [-0.2, 0) is 0 Å². The SMILES string of the molecule is CN1CCC(NCC(O)c2c(Cl)cccc2Cl)CC1. The van der Waals surface area contributed by atoms with Crippen molar-refractivity contribution >= 4 is 23.2 Å². The van der Waals surface area contributed by atoms with E-state index in [-0.39, 0.29) is 0 Å². The van der Waals surface area contributed by atoms with Crippen LogP contribution in [0.25, 0.3) is 0 Å². The quantitative estimate of drug-likeness (QED) is 0.898. The fourth-order valence-electron chi connectivity index (χ4n) is 2.42. The van der Waals surface area contributed by atoms with E-state index in [1.54, 1.807) is 18.2 Å². The number of hydrogen-bond acceptors (Lipinski definition) is 3. The van der Waals surface area contributed by atoms with Crippen LogP contribution in [0.5, 0.6) is 0 Å². The Morgan fingerprint density at radius 1 is 1.32 bits per heavy atom. The van der Waals surface area contributed by atoms with E-state index < -0.39 is 6.10 Å². The van der Waals surface area contributed by atoms with Crippen LogP contribution in [0.2, 0.25) is 10.0 Å². The number of piperidine rings is 1. The van der Waals surface area contributed by atoms with Crippen molar-refractivity contribution in [2.24, 2.45) is 0 Å². The van der Waals surface area contributed by atoms with Crippen LogP contribution >= 0.6 is 23.2 Å². The maximum atomic E-state index is 10.2. The molecule has 3 nitrogen and oxygen atoms in total. The third-order valence-corrected chi connectivity index (χ3v) is 4.31. The topological polar surface area (TPSA) is 35.5 Å². The van der Waals surface area contributed by atoms with Gasteiger partial charge in [0.2, 0.25) is 0 Å². The highest BCUT2D eigenvalue weighted by Crippen LogP contribution is 2.30. The first-order valence-corrected chi connectivity index (χ1v) is 7.37. The zero-order chi connectivity index (χ0) is 13.8. The number of halogens is 2. The number of nitrogens with zero attached hydrogens (tertiary/aromatic N) is 1. The lowest BCUT2D eigenvalue weighted by Gasteiger charge is -2.30. The van der Waals surface area contributed by atoms with Crippen molar-refractivity contribution < 1.29 is 5.11 Å². The molecule has 0 bridgehead atoms. The van der Waals surface area contributed by atoms with Crippen molar-refractivity contribution in [2.45, 2.75) is 25.0 Å². The van der Waals surface area contributed by atoms with Crippen LogP contribution in [0, 0.1) is 0 Å². The van der Waals surface area contributed by atoms with Crippen molar-refractivity contribution in [3.05, 3.63) is 33.8 Å². The number of benzene rings is 1. The first-order valence-electron chi connectivity index (χ1n) is 6.62. The third-order valence-electron chi connectivity index (χ3n) is 3.65. The molecule has 0 saturated carbocycles. The van der Waals surface area contributed by atoms with E-state index in [1.165, 1.54) is 0 Å². The first kappa shape index (κ1) is 15.1. The van der Waals surface area contributed by atoms with Crippen LogP contribution in [0.1, 0.15) is 24.5 Å². The van der Waals surface area contributed by atoms with Gasteiger partial charge in [0.15, 0.2) is 0 Å². The molecule has 1 aromatic carbocycles. The number of rotatable bonds is 4. The summed E-state index contributed by atoms with van der Waals surface area (Å²) in [5.41, 5.74) is 0.617. The lowest BCUT2D eigenvalue weighted by atomic mass is 10.0. The second kappa shape index (κ2) is 6.91. The van der Waals surface area contributed by atoms with Gasteiger partial charge in [0.1, 0.15) is 0 Å². The van der Waals surface area contributed by atoms with Crippen molar-refractivity contribution in [3.8, 4) is 0 Å². The lowest BCUT2D eigenvalue weighted by molar-refractivity contribution is 0.158. The molecule has 1 aliphatic rings. The smallest absolute Gasteiger partial charge is 0.0943 e. The Balaban J connectivity index is 1.89. The van der Waals surface area contributed by atoms with Gasteiger partial charge >= 0.3 is 0 Å². The summed E-state index contributed by atoms with van der Waals surface area (Å²) < 4.78 is 0. The molecular formula is C14H20Cl2N2O. The normalized spacial score (nSPS) is 19.6. The van der Waals surface area contributed by atoms with Crippen molar-refractivity contribution in [1.82, 2.24) is 10.2 Å². The summed E-state index contributed by atoms with van der Waals surface area (Å²) in [6, 6.07) is 5.75. The van der Waals surface area contributed by atoms with Gasteiger partial charge in [0.05, 0.1) is 6.10 Å². The van der Waals surface area contributed by atoms with E-state index in [0.29, 0.717) is 28.2 Å². The summed E-state index contributed by atoms with van der Waals surface area (Å²) in [6.07, 6.45) is 1.56. The number of nitrogens with one attached hydrogen (secondary N) is 1. The van der Waals surface area contributed by atoms with Gasteiger partial charge in [-0.1, -0.05) is 29.3 Å². The van der Waals surface area contributed by atoms with E-state index in [9.17, 15) is 5.11 Å². The molecule has 0 aromatic heterocycles. The summed E-state index contributed by atoms with van der Waals surface area (Å²) in [7, 11) is 2.13. The Bertz CT molecular complexity index is 400. The molecule has 0 aliphatic carbocycles. The Kier molecular flexibility index (Phi) is 5.48. The lowest BCUT2D eigenvalue weighted by Crippen LogP contribution is -2.42. The molecule has 0 spiro atoms. The van der Waals surface area contributed by atoms with Crippen molar-refractivity contribution in [3.63, 3.8) is 0 Å². The highest BCUT2D eigenvalue weighted by Gasteiger charge is 2.19. The van der Waals surface area contributed by atoms with E-state index >= 15 is 0 Å². The molecule has 1 fully saturated rings. The number of hydrogen-bond donors (Lipinski definition) is 2. The standard InChI is InChI=1S/C14H20Cl2N2O/c1-18-7-5-10(6-8-18)17-9-13(19)14-11(15)3-2-4-12(14)16/h2-4,10,13,17,19H,5-9H2,1H3. The summed E-state index contributed by atoms with van der Waals surface area (Å²) in [4.78, 5) is 2.32. The van der Waals surface area contributed by atoms with E-state index in [0.717, 1.165) is 25.9 Å². The van der Waals surface area contributed by atoms with Crippen LogP contribution in [0.3, 0.4) is 0 Å². The van der Waals surface area contributed by atoms with Gasteiger partial charge in [-0.3, -0.25) is 0 Å². The maximum Gasteiger partial charge on any atom is 0.0943 e. The molecule has 1 heterocycles. The highest BCUT2D eigenvalue weighted by molar-refractivity contribution is 6.36. The zero-order valence-corrected chi connectivity index (χ0v) is 12.6. The molecule has 1 aromatic rings. The largest absolute Gasteiger partial charge is 0.387 e. The van der Waals surface area contributed by atoms with Crippen LogP contribution < -0.4 is 5.32 Å². The third kappa shape index (κ3) is 4.07. The van der Waals surface area contributed by atoms with Gasteiger partial charge in [-0.15, -0.1) is 0 Å². The second-order valence-electron chi connectivity index (χ2n) is 5.14.